The van der Waals surface area contributed by atoms with Gasteiger partial charge in [0.1, 0.15) is 17.1 Å². The van der Waals surface area contributed by atoms with Crippen molar-refractivity contribution in [1.82, 2.24) is 0 Å². The van der Waals surface area contributed by atoms with Crippen LogP contribution >= 0.6 is 0 Å². The van der Waals surface area contributed by atoms with Crippen LogP contribution in [0.2, 0.25) is 0 Å². The van der Waals surface area contributed by atoms with E-state index in [4.69, 9.17) is 4.74 Å². The lowest BCUT2D eigenvalue weighted by Gasteiger charge is -2.06. The van der Waals surface area contributed by atoms with E-state index in [-0.39, 0.29) is 11.3 Å². The van der Waals surface area contributed by atoms with Gasteiger partial charge in [-0.15, -0.1) is 0 Å². The fraction of sp³-hybridized carbons (Fsp3) is 0.250. The Morgan fingerprint density at radius 3 is 2.50 bits per heavy atom. The third-order valence-corrected chi connectivity index (χ3v) is 3.64. The molecule has 0 saturated carbocycles. The first kappa shape index (κ1) is 17.6. The smallest absolute Gasteiger partial charge is 0.340 e. The number of rotatable bonds is 8. The van der Waals surface area contributed by atoms with Crippen LogP contribution in [0.3, 0.4) is 0 Å². The van der Waals surface area contributed by atoms with Gasteiger partial charge in [0.2, 0.25) is 0 Å². The highest BCUT2D eigenvalue weighted by atomic mass is 16.5. The summed E-state index contributed by atoms with van der Waals surface area (Å²) in [6.45, 7) is 2.87. The number of ether oxygens (including phenoxy) is 1. The average Bonchev–Trinajstić information content (AvgIpc) is 2.57. The van der Waals surface area contributed by atoms with Crippen LogP contribution in [0.5, 0.6) is 11.5 Å². The summed E-state index contributed by atoms with van der Waals surface area (Å²) in [4.78, 5) is 11.2. The van der Waals surface area contributed by atoms with Gasteiger partial charge in [-0.1, -0.05) is 56.2 Å². The average molecular weight is 326 g/mol. The van der Waals surface area contributed by atoms with E-state index in [0.29, 0.717) is 12.2 Å². The van der Waals surface area contributed by atoms with Gasteiger partial charge >= 0.3 is 5.97 Å². The van der Waals surface area contributed by atoms with Gasteiger partial charge in [0.05, 0.1) is 6.61 Å². The molecule has 0 heterocycles. The topological polar surface area (TPSA) is 66.8 Å². The molecule has 0 atom stereocenters. The summed E-state index contributed by atoms with van der Waals surface area (Å²) in [5.74, 6) is -0.559. The van der Waals surface area contributed by atoms with Crippen LogP contribution in [0.25, 0.3) is 12.2 Å². The van der Waals surface area contributed by atoms with E-state index < -0.39 is 5.97 Å². The second-order valence-corrected chi connectivity index (χ2v) is 5.50. The maximum absolute atomic E-state index is 11.2. The number of carboxylic acids is 1. The van der Waals surface area contributed by atoms with E-state index in [9.17, 15) is 15.0 Å². The van der Waals surface area contributed by atoms with E-state index in [2.05, 4.69) is 6.92 Å². The molecule has 0 bridgehead atoms. The van der Waals surface area contributed by atoms with Gasteiger partial charge in [-0.05, 0) is 35.7 Å². The molecule has 24 heavy (non-hydrogen) atoms. The number of carboxylic acid groups (broad SMARTS) is 1. The lowest BCUT2D eigenvalue weighted by molar-refractivity contribution is 0.0693. The van der Waals surface area contributed by atoms with E-state index in [1.807, 2.05) is 30.3 Å². The van der Waals surface area contributed by atoms with Gasteiger partial charge < -0.3 is 14.9 Å². The Morgan fingerprint density at radius 1 is 1.08 bits per heavy atom. The summed E-state index contributed by atoms with van der Waals surface area (Å²) >= 11 is 0. The Kier molecular flexibility index (Phi) is 6.43. The summed E-state index contributed by atoms with van der Waals surface area (Å²) in [5, 5.41) is 18.9. The molecule has 126 valence electrons. The van der Waals surface area contributed by atoms with Gasteiger partial charge in [-0.25, -0.2) is 4.79 Å². The minimum absolute atomic E-state index is 0.0929. The molecule has 2 N–H and O–H groups in total. The molecule has 0 fully saturated rings. The summed E-state index contributed by atoms with van der Waals surface area (Å²) in [6.07, 6.45) is 6.87. The van der Waals surface area contributed by atoms with Crippen molar-refractivity contribution in [3.63, 3.8) is 0 Å². The van der Waals surface area contributed by atoms with Crippen molar-refractivity contribution >= 4 is 18.1 Å². The third-order valence-electron chi connectivity index (χ3n) is 3.64. The minimum Gasteiger partial charge on any atom is -0.507 e. The fourth-order valence-corrected chi connectivity index (χ4v) is 2.33. The zero-order chi connectivity index (χ0) is 17.4. The van der Waals surface area contributed by atoms with Crippen LogP contribution in [0.15, 0.2) is 42.5 Å². The summed E-state index contributed by atoms with van der Waals surface area (Å²) in [7, 11) is 0. The number of aromatic carboxylic acids is 1. The molecule has 0 spiro atoms. The predicted octanol–water partition coefficient (Wildman–Crippen LogP) is 4.83. The van der Waals surface area contributed by atoms with E-state index >= 15 is 0 Å². The van der Waals surface area contributed by atoms with E-state index in [1.165, 1.54) is 12.5 Å². The summed E-state index contributed by atoms with van der Waals surface area (Å²) in [5.41, 5.74) is 1.29. The van der Waals surface area contributed by atoms with Gasteiger partial charge in [0.25, 0.3) is 0 Å². The molecule has 2 rings (SSSR count). The van der Waals surface area contributed by atoms with Crippen LogP contribution < -0.4 is 4.74 Å². The number of phenols is 1. The zero-order valence-corrected chi connectivity index (χ0v) is 13.7. The second kappa shape index (κ2) is 8.77. The Balaban J connectivity index is 2.05. The molecule has 2 aromatic carbocycles. The van der Waals surface area contributed by atoms with Gasteiger partial charge in [-0.3, -0.25) is 0 Å². The molecular formula is C20H22O4. The molecule has 0 amide bonds. The number of carbonyl (C=O) groups is 1. The minimum atomic E-state index is -1.15. The lowest BCUT2D eigenvalue weighted by Crippen LogP contribution is -1.99. The van der Waals surface area contributed by atoms with E-state index in [0.717, 1.165) is 24.2 Å². The number of hydrogen-bond donors (Lipinski definition) is 2. The molecule has 0 radical (unpaired) electrons. The molecule has 2 aromatic rings. The summed E-state index contributed by atoms with van der Waals surface area (Å²) in [6, 6.07) is 12.3. The Hall–Kier alpha value is -2.75. The molecule has 0 aliphatic carbocycles. The first-order valence-electron chi connectivity index (χ1n) is 8.08. The van der Waals surface area contributed by atoms with Crippen LogP contribution in [0.1, 0.15) is 47.7 Å². The molecule has 0 aliphatic rings. The fourth-order valence-electron chi connectivity index (χ4n) is 2.33. The van der Waals surface area contributed by atoms with Crippen LogP contribution in [0.4, 0.5) is 0 Å². The first-order chi connectivity index (χ1) is 11.6. The molecular weight excluding hydrogens is 304 g/mol. The quantitative estimate of drug-likeness (QED) is 0.538. The van der Waals surface area contributed by atoms with Crippen LogP contribution in [-0.4, -0.2) is 22.8 Å². The number of unbranched alkanes of at least 4 members (excludes halogenated alkanes) is 2. The van der Waals surface area contributed by atoms with Crippen molar-refractivity contribution in [2.24, 2.45) is 0 Å². The van der Waals surface area contributed by atoms with Crippen molar-refractivity contribution in [2.45, 2.75) is 26.2 Å². The van der Waals surface area contributed by atoms with Crippen LogP contribution in [0, 0.1) is 0 Å². The maximum Gasteiger partial charge on any atom is 0.340 e. The number of benzene rings is 2. The Bertz CT molecular complexity index is 702. The molecule has 0 saturated heterocycles. The predicted molar refractivity (Wildman–Crippen MR) is 95.5 cm³/mol. The highest BCUT2D eigenvalue weighted by molar-refractivity contribution is 5.96. The molecule has 4 nitrogen and oxygen atoms in total. The molecule has 0 unspecified atom stereocenters. The third kappa shape index (κ3) is 4.88. The highest BCUT2D eigenvalue weighted by Gasteiger charge is 2.12. The number of aromatic hydroxyl groups is 1. The van der Waals surface area contributed by atoms with Crippen molar-refractivity contribution in [3.8, 4) is 11.5 Å². The first-order valence-corrected chi connectivity index (χ1v) is 8.08. The van der Waals surface area contributed by atoms with Gasteiger partial charge in [-0.2, -0.15) is 0 Å². The second-order valence-electron chi connectivity index (χ2n) is 5.50. The zero-order valence-electron chi connectivity index (χ0n) is 13.7. The van der Waals surface area contributed by atoms with Crippen molar-refractivity contribution in [1.29, 1.82) is 0 Å². The van der Waals surface area contributed by atoms with Crippen molar-refractivity contribution < 1.29 is 19.7 Å². The van der Waals surface area contributed by atoms with Crippen LogP contribution in [-0.2, 0) is 0 Å². The SMILES string of the molecule is CCCCCOc1ccc(/C=C\c2cccc(O)c2C(=O)O)cc1. The van der Waals surface area contributed by atoms with Gasteiger partial charge in [0.15, 0.2) is 0 Å². The largest absolute Gasteiger partial charge is 0.507 e. The summed E-state index contributed by atoms with van der Waals surface area (Å²) < 4.78 is 5.66. The molecule has 4 heteroatoms. The highest BCUT2D eigenvalue weighted by Crippen LogP contribution is 2.23. The van der Waals surface area contributed by atoms with Gasteiger partial charge in [0, 0.05) is 0 Å². The van der Waals surface area contributed by atoms with Crippen molar-refractivity contribution in [2.75, 3.05) is 6.61 Å². The number of hydrogen-bond acceptors (Lipinski definition) is 3. The Labute approximate surface area is 142 Å². The van der Waals surface area contributed by atoms with Crippen molar-refractivity contribution in [3.05, 3.63) is 59.2 Å². The molecule has 0 aliphatic heterocycles. The maximum atomic E-state index is 11.2. The Morgan fingerprint density at radius 2 is 1.83 bits per heavy atom. The lowest BCUT2D eigenvalue weighted by atomic mass is 10.0. The normalized spacial score (nSPS) is 10.9. The van der Waals surface area contributed by atoms with E-state index in [1.54, 1.807) is 18.2 Å². The molecule has 0 aromatic heterocycles. The standard InChI is InChI=1S/C20H22O4/c1-2-3-4-14-24-17-12-9-15(10-13-17)8-11-16-6-5-7-18(21)19(16)20(22)23/h5-13,21H,2-4,14H2,1H3,(H,22,23)/b11-8-. The monoisotopic (exact) mass is 326 g/mol.